The summed E-state index contributed by atoms with van der Waals surface area (Å²) in [5.41, 5.74) is 0.583. The molecule has 1 amide bonds. The van der Waals surface area contributed by atoms with E-state index >= 15 is 0 Å². The van der Waals surface area contributed by atoms with E-state index in [1.165, 1.54) is 35.0 Å². The zero-order valence-electron chi connectivity index (χ0n) is 11.6. The fourth-order valence-corrected chi connectivity index (χ4v) is 1.84. The molecule has 0 bridgehead atoms. The molecule has 8 heteroatoms. The maximum atomic E-state index is 12.5. The van der Waals surface area contributed by atoms with Crippen molar-refractivity contribution in [1.29, 1.82) is 0 Å². The second-order valence-electron chi connectivity index (χ2n) is 4.60. The number of aromatic nitrogens is 2. The number of carbonyl (C=O) groups excluding carboxylic acids is 1. The second-order valence-corrected chi connectivity index (χ2v) is 4.60. The van der Waals surface area contributed by atoms with Crippen LogP contribution in [0.1, 0.15) is 28.2 Å². The van der Waals surface area contributed by atoms with Gasteiger partial charge < -0.3 is 10.4 Å². The van der Waals surface area contributed by atoms with Crippen LogP contribution in [0.5, 0.6) is 0 Å². The van der Waals surface area contributed by atoms with Gasteiger partial charge in [-0.2, -0.15) is 5.10 Å². The van der Waals surface area contributed by atoms with E-state index in [0.29, 0.717) is 11.4 Å². The first-order valence-corrected chi connectivity index (χ1v) is 6.32. The molecule has 2 aromatic rings. The molecule has 2 rings (SSSR count). The Bertz CT molecular complexity index is 696. The fourth-order valence-electron chi connectivity index (χ4n) is 1.84. The topological polar surface area (TPSA) is 84.2 Å². The molecular weight excluding hydrogens is 296 g/mol. The Morgan fingerprint density at radius 3 is 2.45 bits per heavy atom. The number of aromatic carboxylic acids is 1. The van der Waals surface area contributed by atoms with Gasteiger partial charge in [-0.25, -0.2) is 13.6 Å². The predicted molar refractivity (Wildman–Crippen MR) is 74.0 cm³/mol. The Morgan fingerprint density at radius 2 is 1.95 bits per heavy atom. The molecule has 0 saturated heterocycles. The number of hydrogen-bond donors (Lipinski definition) is 2. The zero-order valence-corrected chi connectivity index (χ0v) is 11.6. The number of carboxylic acid groups (broad SMARTS) is 1. The van der Waals surface area contributed by atoms with E-state index in [-0.39, 0.29) is 17.8 Å². The Labute approximate surface area is 124 Å². The van der Waals surface area contributed by atoms with E-state index in [1.54, 1.807) is 6.92 Å². The van der Waals surface area contributed by atoms with Gasteiger partial charge in [0.25, 0.3) is 6.43 Å². The van der Waals surface area contributed by atoms with Gasteiger partial charge in [0, 0.05) is 11.4 Å². The van der Waals surface area contributed by atoms with Crippen molar-refractivity contribution in [2.75, 3.05) is 5.32 Å². The minimum atomic E-state index is -2.69. The zero-order chi connectivity index (χ0) is 16.3. The first-order valence-electron chi connectivity index (χ1n) is 6.32. The first-order chi connectivity index (χ1) is 10.4. The number of rotatable bonds is 5. The molecule has 0 spiro atoms. The minimum absolute atomic E-state index is 0.0995. The fraction of sp³-hybridized carbons (Fsp3) is 0.214. The van der Waals surface area contributed by atoms with Crippen molar-refractivity contribution in [3.05, 3.63) is 47.3 Å². The summed E-state index contributed by atoms with van der Waals surface area (Å²) < 4.78 is 26.2. The summed E-state index contributed by atoms with van der Waals surface area (Å²) >= 11 is 0. The van der Waals surface area contributed by atoms with E-state index in [2.05, 4.69) is 10.4 Å². The van der Waals surface area contributed by atoms with Gasteiger partial charge >= 0.3 is 5.97 Å². The summed E-state index contributed by atoms with van der Waals surface area (Å²) in [5.74, 6) is -1.51. The van der Waals surface area contributed by atoms with Crippen LogP contribution in [0.3, 0.4) is 0 Å². The van der Waals surface area contributed by atoms with Crippen molar-refractivity contribution >= 4 is 17.6 Å². The maximum Gasteiger partial charge on any atom is 0.335 e. The van der Waals surface area contributed by atoms with Crippen LogP contribution in [0, 0.1) is 6.92 Å². The Kier molecular flexibility index (Phi) is 4.50. The number of nitrogens with one attached hydrogen (secondary N) is 1. The third-order valence-electron chi connectivity index (χ3n) is 2.93. The van der Waals surface area contributed by atoms with Crippen molar-refractivity contribution in [3.8, 4) is 0 Å². The van der Waals surface area contributed by atoms with Crippen LogP contribution in [0.2, 0.25) is 0 Å². The van der Waals surface area contributed by atoms with Crippen LogP contribution < -0.4 is 5.32 Å². The molecule has 6 nitrogen and oxygen atoms in total. The molecular formula is C14H13F2N3O3. The molecule has 0 saturated carbocycles. The SMILES string of the molecule is Cc1cc(C(F)F)nn1CC(=O)Nc1ccc(C(=O)O)cc1. The molecule has 0 aliphatic heterocycles. The third kappa shape index (κ3) is 3.66. The van der Waals surface area contributed by atoms with E-state index < -0.39 is 18.3 Å². The van der Waals surface area contributed by atoms with Crippen LogP contribution in [0.25, 0.3) is 0 Å². The van der Waals surface area contributed by atoms with Gasteiger partial charge in [0.1, 0.15) is 12.2 Å². The lowest BCUT2D eigenvalue weighted by molar-refractivity contribution is -0.117. The molecule has 0 atom stereocenters. The summed E-state index contributed by atoms with van der Waals surface area (Å²) in [4.78, 5) is 22.6. The van der Waals surface area contributed by atoms with Gasteiger partial charge in [0.15, 0.2) is 0 Å². The minimum Gasteiger partial charge on any atom is -0.478 e. The normalized spacial score (nSPS) is 10.7. The highest BCUT2D eigenvalue weighted by molar-refractivity contribution is 5.92. The van der Waals surface area contributed by atoms with Gasteiger partial charge in [-0.05, 0) is 37.3 Å². The highest BCUT2D eigenvalue weighted by Crippen LogP contribution is 2.18. The number of aryl methyl sites for hydroxylation is 1. The number of anilines is 1. The van der Waals surface area contributed by atoms with Crippen LogP contribution >= 0.6 is 0 Å². The smallest absolute Gasteiger partial charge is 0.335 e. The van der Waals surface area contributed by atoms with Crippen molar-refractivity contribution in [2.45, 2.75) is 19.9 Å². The number of nitrogens with zero attached hydrogens (tertiary/aromatic N) is 2. The Hall–Kier alpha value is -2.77. The number of alkyl halides is 2. The molecule has 1 aromatic carbocycles. The lowest BCUT2D eigenvalue weighted by Gasteiger charge is -2.07. The van der Waals surface area contributed by atoms with Gasteiger partial charge in [-0.3, -0.25) is 9.48 Å². The second kappa shape index (κ2) is 6.33. The van der Waals surface area contributed by atoms with Crippen LogP contribution in [0.4, 0.5) is 14.5 Å². The quantitative estimate of drug-likeness (QED) is 0.888. The van der Waals surface area contributed by atoms with Gasteiger partial charge in [-0.1, -0.05) is 0 Å². The lowest BCUT2D eigenvalue weighted by atomic mass is 10.2. The molecule has 1 aromatic heterocycles. The average Bonchev–Trinajstić information content (AvgIpc) is 2.81. The monoisotopic (exact) mass is 309 g/mol. The number of carboxylic acids is 1. The van der Waals surface area contributed by atoms with Gasteiger partial charge in [-0.15, -0.1) is 0 Å². The molecule has 116 valence electrons. The molecule has 2 N–H and O–H groups in total. The maximum absolute atomic E-state index is 12.5. The first kappa shape index (κ1) is 15.6. The van der Waals surface area contributed by atoms with E-state index in [4.69, 9.17) is 5.11 Å². The predicted octanol–water partition coefficient (Wildman–Crippen LogP) is 2.47. The van der Waals surface area contributed by atoms with E-state index in [9.17, 15) is 18.4 Å². The van der Waals surface area contributed by atoms with E-state index in [1.807, 2.05) is 0 Å². The molecule has 0 radical (unpaired) electrons. The lowest BCUT2D eigenvalue weighted by Crippen LogP contribution is -2.20. The standard InChI is InChI=1S/C14H13F2N3O3/c1-8-6-11(13(15)16)18-19(8)7-12(20)17-10-4-2-9(3-5-10)14(21)22/h2-6,13H,7H2,1H3,(H,17,20)(H,21,22). The Morgan fingerprint density at radius 1 is 1.32 bits per heavy atom. The molecule has 0 fully saturated rings. The van der Waals surface area contributed by atoms with Crippen molar-refractivity contribution in [1.82, 2.24) is 9.78 Å². The Balaban J connectivity index is 2.02. The summed E-state index contributed by atoms with van der Waals surface area (Å²) in [6, 6.07) is 6.82. The highest BCUT2D eigenvalue weighted by atomic mass is 19.3. The molecule has 0 unspecified atom stereocenters. The molecule has 1 heterocycles. The summed E-state index contributed by atoms with van der Waals surface area (Å²) in [7, 11) is 0. The van der Waals surface area contributed by atoms with Crippen LogP contribution in [-0.4, -0.2) is 26.8 Å². The van der Waals surface area contributed by atoms with Gasteiger partial charge in [0.05, 0.1) is 5.56 Å². The van der Waals surface area contributed by atoms with Crippen LogP contribution in [0.15, 0.2) is 30.3 Å². The van der Waals surface area contributed by atoms with Crippen molar-refractivity contribution < 1.29 is 23.5 Å². The summed E-state index contributed by atoms with van der Waals surface area (Å²) in [6.07, 6.45) is -2.69. The number of amides is 1. The van der Waals surface area contributed by atoms with Gasteiger partial charge in [0.2, 0.25) is 5.91 Å². The third-order valence-corrected chi connectivity index (χ3v) is 2.93. The van der Waals surface area contributed by atoms with Crippen molar-refractivity contribution in [2.24, 2.45) is 0 Å². The molecule has 0 aliphatic rings. The van der Waals surface area contributed by atoms with Crippen molar-refractivity contribution in [3.63, 3.8) is 0 Å². The number of carbonyl (C=O) groups is 2. The molecule has 0 aliphatic carbocycles. The van der Waals surface area contributed by atoms with Crippen LogP contribution in [-0.2, 0) is 11.3 Å². The number of hydrogen-bond acceptors (Lipinski definition) is 3. The largest absolute Gasteiger partial charge is 0.478 e. The summed E-state index contributed by atoms with van der Waals surface area (Å²) in [6.45, 7) is 1.37. The average molecular weight is 309 g/mol. The number of halogens is 2. The van der Waals surface area contributed by atoms with E-state index in [0.717, 1.165) is 0 Å². The molecule has 22 heavy (non-hydrogen) atoms. The highest BCUT2D eigenvalue weighted by Gasteiger charge is 2.15. The summed E-state index contributed by atoms with van der Waals surface area (Å²) in [5, 5.41) is 15.0. The number of benzene rings is 1.